The van der Waals surface area contributed by atoms with Crippen LogP contribution in [-0.2, 0) is 14.8 Å². The number of carbonyl (C=O) groups is 1. The normalized spacial score (nSPS) is 10.8. The number of benzene rings is 3. The lowest BCUT2D eigenvalue weighted by molar-refractivity contribution is -0.114. The Morgan fingerprint density at radius 3 is 1.83 bits per heavy atom. The molecule has 3 rings (SSSR count). The number of amides is 1. The minimum absolute atomic E-state index is 0.0742. The molecule has 0 aromatic heterocycles. The predicted molar refractivity (Wildman–Crippen MR) is 135 cm³/mol. The van der Waals surface area contributed by atoms with E-state index in [4.69, 9.17) is 23.7 Å². The van der Waals surface area contributed by atoms with Gasteiger partial charge in [0.25, 0.3) is 10.0 Å². The van der Waals surface area contributed by atoms with Crippen LogP contribution in [0.25, 0.3) is 0 Å². The molecule has 3 aromatic carbocycles. The molecule has 0 aliphatic carbocycles. The monoisotopic (exact) mass is 516 g/mol. The summed E-state index contributed by atoms with van der Waals surface area (Å²) in [6, 6.07) is 15.4. The number of carbonyl (C=O) groups excluding carboxylic acids is 1. The molecule has 0 bridgehead atoms. The van der Waals surface area contributed by atoms with Crippen LogP contribution in [0, 0.1) is 0 Å². The maximum atomic E-state index is 13.7. The Bertz CT molecular complexity index is 1310. The first-order valence-electron chi connectivity index (χ1n) is 10.7. The fraction of sp³-hybridized carbons (Fsp3) is 0.240. The van der Waals surface area contributed by atoms with E-state index in [1.165, 1.54) is 53.7 Å². The summed E-state index contributed by atoms with van der Waals surface area (Å²) in [6.07, 6.45) is 0. The van der Waals surface area contributed by atoms with E-state index in [1.54, 1.807) is 42.5 Å². The quantitative estimate of drug-likeness (QED) is 0.412. The average molecular weight is 517 g/mol. The Morgan fingerprint density at radius 1 is 0.722 bits per heavy atom. The molecule has 0 heterocycles. The Morgan fingerprint density at radius 2 is 1.28 bits per heavy atom. The van der Waals surface area contributed by atoms with Crippen LogP contribution in [0.2, 0.25) is 0 Å². The lowest BCUT2D eigenvalue weighted by atomic mass is 10.2. The third-order valence-electron chi connectivity index (χ3n) is 5.26. The predicted octanol–water partition coefficient (Wildman–Crippen LogP) is 3.56. The summed E-state index contributed by atoms with van der Waals surface area (Å²) in [4.78, 5) is 12.9. The highest BCUT2D eigenvalue weighted by molar-refractivity contribution is 7.92. The third kappa shape index (κ3) is 5.74. The summed E-state index contributed by atoms with van der Waals surface area (Å²) in [5.74, 6) is 1.49. The van der Waals surface area contributed by atoms with Crippen LogP contribution in [0.1, 0.15) is 0 Å². The molecule has 0 saturated carbocycles. The number of rotatable bonds is 11. The molecule has 11 heteroatoms. The van der Waals surface area contributed by atoms with Gasteiger partial charge in [-0.15, -0.1) is 0 Å². The number of ether oxygens (including phenoxy) is 5. The summed E-state index contributed by atoms with van der Waals surface area (Å²) in [7, 11) is 3.15. The first-order chi connectivity index (χ1) is 17.3. The molecule has 0 aliphatic rings. The van der Waals surface area contributed by atoms with Crippen LogP contribution in [0.5, 0.6) is 28.7 Å². The molecule has 0 radical (unpaired) electrons. The molecule has 0 atom stereocenters. The van der Waals surface area contributed by atoms with Gasteiger partial charge in [0.15, 0.2) is 23.0 Å². The summed E-state index contributed by atoms with van der Waals surface area (Å²) in [5, 5.41) is 2.71. The van der Waals surface area contributed by atoms with Gasteiger partial charge in [0, 0.05) is 17.8 Å². The van der Waals surface area contributed by atoms with Crippen molar-refractivity contribution in [1.82, 2.24) is 0 Å². The molecule has 0 fully saturated rings. The van der Waals surface area contributed by atoms with E-state index in [0.717, 1.165) is 4.31 Å². The number of anilines is 2. The topological polar surface area (TPSA) is 113 Å². The van der Waals surface area contributed by atoms with Crippen molar-refractivity contribution >= 4 is 27.3 Å². The number of sulfonamides is 1. The molecule has 1 amide bonds. The van der Waals surface area contributed by atoms with E-state index in [2.05, 4.69) is 5.32 Å². The molecule has 1 N–H and O–H groups in total. The van der Waals surface area contributed by atoms with Gasteiger partial charge < -0.3 is 29.0 Å². The SMILES string of the molecule is COc1ccc(N(CC(=O)Nc2ccc(OC)c(OC)c2)S(=O)(=O)c2ccc(OC)c(OC)c2)cc1. The van der Waals surface area contributed by atoms with E-state index >= 15 is 0 Å². The number of nitrogens with zero attached hydrogens (tertiary/aromatic N) is 1. The molecule has 0 spiro atoms. The lowest BCUT2D eigenvalue weighted by Crippen LogP contribution is -2.38. The first kappa shape index (κ1) is 26.5. The molecule has 36 heavy (non-hydrogen) atoms. The highest BCUT2D eigenvalue weighted by Crippen LogP contribution is 2.33. The standard InChI is InChI=1S/C25H28N2O8S/c1-31-19-9-7-18(8-10-19)27(36(29,30)20-11-13-22(33-3)24(15-20)35-5)16-25(28)26-17-6-12-21(32-2)23(14-17)34-4/h6-15H,16H2,1-5H3,(H,26,28). The zero-order valence-electron chi connectivity index (χ0n) is 20.6. The zero-order valence-corrected chi connectivity index (χ0v) is 21.4. The minimum Gasteiger partial charge on any atom is -0.497 e. The third-order valence-corrected chi connectivity index (χ3v) is 7.03. The van der Waals surface area contributed by atoms with Gasteiger partial charge in [-0.3, -0.25) is 9.10 Å². The zero-order chi connectivity index (χ0) is 26.3. The van der Waals surface area contributed by atoms with Crippen LogP contribution in [0.4, 0.5) is 11.4 Å². The second-order valence-corrected chi connectivity index (χ2v) is 9.21. The highest BCUT2D eigenvalue weighted by atomic mass is 32.2. The van der Waals surface area contributed by atoms with Crippen LogP contribution < -0.4 is 33.3 Å². The summed E-state index contributed by atoms with van der Waals surface area (Å²) in [6.45, 7) is -0.503. The van der Waals surface area contributed by atoms with E-state index in [1.807, 2.05) is 0 Å². The molecule has 0 saturated heterocycles. The second kappa shape index (κ2) is 11.5. The smallest absolute Gasteiger partial charge is 0.264 e. The van der Waals surface area contributed by atoms with E-state index in [-0.39, 0.29) is 16.3 Å². The van der Waals surface area contributed by atoms with Gasteiger partial charge in [-0.05, 0) is 48.5 Å². The fourth-order valence-corrected chi connectivity index (χ4v) is 4.85. The number of hydrogen-bond acceptors (Lipinski definition) is 8. The van der Waals surface area contributed by atoms with Crippen molar-refractivity contribution in [2.24, 2.45) is 0 Å². The van der Waals surface area contributed by atoms with Gasteiger partial charge in [-0.25, -0.2) is 8.42 Å². The highest BCUT2D eigenvalue weighted by Gasteiger charge is 2.28. The number of methoxy groups -OCH3 is 5. The Balaban J connectivity index is 1.97. The summed E-state index contributed by atoms with van der Waals surface area (Å²) >= 11 is 0. The van der Waals surface area contributed by atoms with Crippen LogP contribution in [0.15, 0.2) is 65.6 Å². The van der Waals surface area contributed by atoms with Crippen LogP contribution >= 0.6 is 0 Å². The van der Waals surface area contributed by atoms with Crippen molar-refractivity contribution in [3.8, 4) is 28.7 Å². The van der Waals surface area contributed by atoms with Crippen LogP contribution in [0.3, 0.4) is 0 Å². The van der Waals surface area contributed by atoms with Crippen molar-refractivity contribution in [1.29, 1.82) is 0 Å². The summed E-state index contributed by atoms with van der Waals surface area (Å²) < 4.78 is 54.5. The van der Waals surface area contributed by atoms with Crippen molar-refractivity contribution in [3.63, 3.8) is 0 Å². The van der Waals surface area contributed by atoms with Crippen molar-refractivity contribution < 1.29 is 36.9 Å². The average Bonchev–Trinajstić information content (AvgIpc) is 2.91. The van der Waals surface area contributed by atoms with Gasteiger partial charge in [0.05, 0.1) is 46.1 Å². The molecular formula is C25H28N2O8S. The van der Waals surface area contributed by atoms with Crippen molar-refractivity contribution in [3.05, 3.63) is 60.7 Å². The van der Waals surface area contributed by atoms with Gasteiger partial charge in [0.1, 0.15) is 12.3 Å². The van der Waals surface area contributed by atoms with Gasteiger partial charge >= 0.3 is 0 Å². The molecular weight excluding hydrogens is 488 g/mol. The van der Waals surface area contributed by atoms with Gasteiger partial charge in [0.2, 0.25) is 5.91 Å². The molecule has 10 nitrogen and oxygen atoms in total. The largest absolute Gasteiger partial charge is 0.497 e. The van der Waals surface area contributed by atoms with Crippen LogP contribution in [-0.4, -0.2) is 56.4 Å². The molecule has 0 unspecified atom stereocenters. The van der Waals surface area contributed by atoms with Gasteiger partial charge in [-0.1, -0.05) is 0 Å². The molecule has 192 valence electrons. The van der Waals surface area contributed by atoms with E-state index in [9.17, 15) is 13.2 Å². The number of hydrogen-bond donors (Lipinski definition) is 1. The van der Waals surface area contributed by atoms with Crippen molar-refractivity contribution in [2.75, 3.05) is 51.7 Å². The molecule has 3 aromatic rings. The molecule has 0 aliphatic heterocycles. The second-order valence-electron chi connectivity index (χ2n) is 7.34. The lowest BCUT2D eigenvalue weighted by Gasteiger charge is -2.25. The number of nitrogens with one attached hydrogen (secondary N) is 1. The fourth-order valence-electron chi connectivity index (χ4n) is 3.41. The van der Waals surface area contributed by atoms with Gasteiger partial charge in [-0.2, -0.15) is 0 Å². The maximum Gasteiger partial charge on any atom is 0.264 e. The Labute approximate surface area is 210 Å². The Hall–Kier alpha value is -4.12. The van der Waals surface area contributed by atoms with E-state index < -0.39 is 22.5 Å². The van der Waals surface area contributed by atoms with Crippen molar-refractivity contribution in [2.45, 2.75) is 4.90 Å². The van der Waals surface area contributed by atoms with E-state index in [0.29, 0.717) is 28.7 Å². The first-order valence-corrected chi connectivity index (χ1v) is 12.1. The summed E-state index contributed by atoms with van der Waals surface area (Å²) in [5.41, 5.74) is 0.684. The maximum absolute atomic E-state index is 13.7. The minimum atomic E-state index is -4.19. The Kier molecular flexibility index (Phi) is 8.49.